The first kappa shape index (κ1) is 18.9. The first-order chi connectivity index (χ1) is 14.8. The number of thiophene rings is 1. The molecule has 1 saturated heterocycles. The Morgan fingerprint density at radius 1 is 0.933 bits per heavy atom. The number of para-hydroxylation sites is 1. The van der Waals surface area contributed by atoms with Crippen LogP contribution in [-0.2, 0) is 6.54 Å². The summed E-state index contributed by atoms with van der Waals surface area (Å²) in [6.45, 7) is 4.21. The van der Waals surface area contributed by atoms with Crippen molar-refractivity contribution in [3.8, 4) is 11.4 Å². The number of piperazine rings is 1. The van der Waals surface area contributed by atoms with Crippen LogP contribution in [-0.4, -0.2) is 51.9 Å². The molecule has 0 atom stereocenters. The Morgan fingerprint density at radius 3 is 2.53 bits per heavy atom. The fourth-order valence-electron chi connectivity index (χ4n) is 3.90. The molecule has 1 aliphatic rings. The molecule has 5 nitrogen and oxygen atoms in total. The molecule has 1 aliphatic heterocycles. The van der Waals surface area contributed by atoms with E-state index in [0.29, 0.717) is 5.56 Å². The van der Waals surface area contributed by atoms with Crippen molar-refractivity contribution in [3.05, 3.63) is 82.7 Å². The number of hydrogen-bond acceptors (Lipinski definition) is 5. The molecular weight excluding hydrogens is 392 g/mol. The van der Waals surface area contributed by atoms with Gasteiger partial charge in [0.25, 0.3) is 5.91 Å². The molecule has 0 aliphatic carbocycles. The Labute approximate surface area is 179 Å². The molecule has 0 radical (unpaired) electrons. The van der Waals surface area contributed by atoms with E-state index >= 15 is 0 Å². The summed E-state index contributed by atoms with van der Waals surface area (Å²) >= 11 is 1.79. The van der Waals surface area contributed by atoms with Crippen molar-refractivity contribution in [3.63, 3.8) is 0 Å². The molecule has 5 rings (SSSR count). The zero-order chi connectivity index (χ0) is 20.3. The second-order valence-corrected chi connectivity index (χ2v) is 8.47. The van der Waals surface area contributed by atoms with Gasteiger partial charge in [-0.25, -0.2) is 4.98 Å². The van der Waals surface area contributed by atoms with Gasteiger partial charge in [0, 0.05) is 49.2 Å². The van der Waals surface area contributed by atoms with Crippen molar-refractivity contribution in [2.45, 2.75) is 6.54 Å². The number of carbonyl (C=O) groups is 1. The van der Waals surface area contributed by atoms with Crippen molar-refractivity contribution in [1.82, 2.24) is 19.8 Å². The summed E-state index contributed by atoms with van der Waals surface area (Å²) in [5.41, 5.74) is 3.03. The van der Waals surface area contributed by atoms with Crippen molar-refractivity contribution in [2.75, 3.05) is 26.2 Å². The minimum Gasteiger partial charge on any atom is -0.336 e. The average Bonchev–Trinajstić information content (AvgIpc) is 3.32. The third-order valence-electron chi connectivity index (χ3n) is 5.49. The molecular formula is C24H22N4OS. The molecule has 4 aromatic rings. The molecule has 1 fully saturated rings. The van der Waals surface area contributed by atoms with Gasteiger partial charge in [-0.2, -0.15) is 0 Å². The summed E-state index contributed by atoms with van der Waals surface area (Å²) in [6.07, 6.45) is 1.75. The van der Waals surface area contributed by atoms with Crippen molar-refractivity contribution >= 4 is 28.1 Å². The third-order valence-corrected chi connectivity index (χ3v) is 6.35. The number of amides is 1. The van der Waals surface area contributed by atoms with Crippen molar-refractivity contribution in [1.29, 1.82) is 0 Å². The lowest BCUT2D eigenvalue weighted by atomic mass is 10.0. The Bertz CT molecular complexity index is 1150. The highest BCUT2D eigenvalue weighted by Crippen LogP contribution is 2.25. The van der Waals surface area contributed by atoms with E-state index in [4.69, 9.17) is 4.98 Å². The SMILES string of the molecule is O=C(c1cc(-c2ccccn2)nc2ccccc12)N1CCN(Cc2cccs2)CC1. The van der Waals surface area contributed by atoms with Crippen LogP contribution in [0, 0.1) is 0 Å². The maximum absolute atomic E-state index is 13.5. The molecule has 0 bridgehead atoms. The quantitative estimate of drug-likeness (QED) is 0.499. The largest absolute Gasteiger partial charge is 0.336 e. The molecule has 0 unspecified atom stereocenters. The normalized spacial score (nSPS) is 14.9. The van der Waals surface area contributed by atoms with Crippen molar-refractivity contribution in [2.24, 2.45) is 0 Å². The standard InChI is InChI=1S/C24H22N4OS/c29-24(28-13-11-27(12-14-28)17-18-6-5-15-30-18)20-16-23(22-9-3-4-10-25-22)26-21-8-2-1-7-19(20)21/h1-10,15-16H,11-14,17H2. The summed E-state index contributed by atoms with van der Waals surface area (Å²) in [6, 6.07) is 19.7. The van der Waals surface area contributed by atoms with E-state index in [0.717, 1.165) is 55.0 Å². The topological polar surface area (TPSA) is 49.3 Å². The van der Waals surface area contributed by atoms with Gasteiger partial charge in [-0.15, -0.1) is 11.3 Å². The lowest BCUT2D eigenvalue weighted by molar-refractivity contribution is 0.0631. The molecule has 30 heavy (non-hydrogen) atoms. The number of hydrogen-bond donors (Lipinski definition) is 0. The van der Waals surface area contributed by atoms with Crippen LogP contribution in [0.25, 0.3) is 22.3 Å². The summed E-state index contributed by atoms with van der Waals surface area (Å²) in [5.74, 6) is 0.0709. The lowest BCUT2D eigenvalue weighted by Crippen LogP contribution is -2.48. The predicted molar refractivity (Wildman–Crippen MR) is 120 cm³/mol. The van der Waals surface area contributed by atoms with E-state index in [9.17, 15) is 4.79 Å². The summed E-state index contributed by atoms with van der Waals surface area (Å²) in [5, 5.41) is 3.01. The highest BCUT2D eigenvalue weighted by atomic mass is 32.1. The molecule has 3 aromatic heterocycles. The molecule has 1 aromatic carbocycles. The summed E-state index contributed by atoms with van der Waals surface area (Å²) < 4.78 is 0. The van der Waals surface area contributed by atoms with Crippen LogP contribution in [0.15, 0.2) is 72.2 Å². The van der Waals surface area contributed by atoms with E-state index in [-0.39, 0.29) is 5.91 Å². The van der Waals surface area contributed by atoms with Crippen LogP contribution in [0.4, 0.5) is 0 Å². The Kier molecular flexibility index (Phi) is 5.26. The molecule has 1 amide bonds. The van der Waals surface area contributed by atoms with E-state index < -0.39 is 0 Å². The number of fused-ring (bicyclic) bond motifs is 1. The smallest absolute Gasteiger partial charge is 0.254 e. The first-order valence-electron chi connectivity index (χ1n) is 10.1. The van der Waals surface area contributed by atoms with E-state index in [1.165, 1.54) is 4.88 Å². The van der Waals surface area contributed by atoms with Crippen LogP contribution < -0.4 is 0 Å². The van der Waals surface area contributed by atoms with Crippen LogP contribution in [0.2, 0.25) is 0 Å². The zero-order valence-electron chi connectivity index (χ0n) is 16.6. The number of rotatable bonds is 4. The highest BCUT2D eigenvalue weighted by Gasteiger charge is 2.24. The molecule has 0 saturated carbocycles. The van der Waals surface area contributed by atoms with Crippen LogP contribution in [0.1, 0.15) is 15.2 Å². The summed E-state index contributed by atoms with van der Waals surface area (Å²) in [7, 11) is 0. The Balaban J connectivity index is 1.40. The van der Waals surface area contributed by atoms with Gasteiger partial charge in [-0.3, -0.25) is 14.7 Å². The fourth-order valence-corrected chi connectivity index (χ4v) is 4.65. The Morgan fingerprint density at radius 2 is 1.77 bits per heavy atom. The van der Waals surface area contributed by atoms with Gasteiger partial charge in [-0.05, 0) is 35.7 Å². The minimum atomic E-state index is 0.0709. The van der Waals surface area contributed by atoms with Gasteiger partial charge in [0.1, 0.15) is 0 Å². The van der Waals surface area contributed by atoms with Gasteiger partial charge in [0.05, 0.1) is 22.5 Å². The molecule has 0 spiro atoms. The molecule has 0 N–H and O–H groups in total. The van der Waals surface area contributed by atoms with E-state index in [1.807, 2.05) is 53.4 Å². The molecule has 150 valence electrons. The van der Waals surface area contributed by atoms with Gasteiger partial charge in [0.2, 0.25) is 0 Å². The van der Waals surface area contributed by atoms with Gasteiger partial charge < -0.3 is 4.90 Å². The Hall–Kier alpha value is -3.09. The maximum atomic E-state index is 13.5. The van der Waals surface area contributed by atoms with Crippen molar-refractivity contribution < 1.29 is 4.79 Å². The number of carbonyl (C=O) groups excluding carboxylic acids is 1. The second-order valence-electron chi connectivity index (χ2n) is 7.43. The monoisotopic (exact) mass is 414 g/mol. The van der Waals surface area contributed by atoms with Crippen LogP contribution in [0.5, 0.6) is 0 Å². The van der Waals surface area contributed by atoms with Crippen LogP contribution in [0.3, 0.4) is 0 Å². The maximum Gasteiger partial charge on any atom is 0.254 e. The number of nitrogens with zero attached hydrogens (tertiary/aromatic N) is 4. The first-order valence-corrected chi connectivity index (χ1v) is 11.0. The highest BCUT2D eigenvalue weighted by molar-refractivity contribution is 7.09. The average molecular weight is 415 g/mol. The van der Waals surface area contributed by atoms with Gasteiger partial charge >= 0.3 is 0 Å². The lowest BCUT2D eigenvalue weighted by Gasteiger charge is -2.34. The molecule has 6 heteroatoms. The number of benzene rings is 1. The van der Waals surface area contributed by atoms with Crippen LogP contribution >= 0.6 is 11.3 Å². The third kappa shape index (κ3) is 3.84. The fraction of sp³-hybridized carbons (Fsp3) is 0.208. The predicted octanol–water partition coefficient (Wildman–Crippen LogP) is 4.32. The van der Waals surface area contributed by atoms with Gasteiger partial charge in [0.15, 0.2) is 0 Å². The zero-order valence-corrected chi connectivity index (χ0v) is 17.4. The van der Waals surface area contributed by atoms with E-state index in [1.54, 1.807) is 17.5 Å². The second kappa shape index (κ2) is 8.34. The van der Waals surface area contributed by atoms with E-state index in [2.05, 4.69) is 27.4 Å². The molecule has 4 heterocycles. The minimum absolute atomic E-state index is 0.0709. The number of aromatic nitrogens is 2. The van der Waals surface area contributed by atoms with Gasteiger partial charge in [-0.1, -0.05) is 30.3 Å². The summed E-state index contributed by atoms with van der Waals surface area (Å²) in [4.78, 5) is 28.4. The number of pyridine rings is 2.